The molecule has 96 valence electrons. The Morgan fingerprint density at radius 1 is 1.37 bits per heavy atom. The molecule has 6 nitrogen and oxygen atoms in total. The van der Waals surface area contributed by atoms with Gasteiger partial charge in [0.2, 0.25) is 0 Å². The third kappa shape index (κ3) is 2.08. The second-order valence-corrected chi connectivity index (χ2v) is 4.38. The molecule has 3 rings (SSSR count). The molecule has 0 saturated carbocycles. The van der Waals surface area contributed by atoms with Crippen LogP contribution in [0.5, 0.6) is 0 Å². The van der Waals surface area contributed by atoms with Gasteiger partial charge in [0.25, 0.3) is 5.91 Å². The van der Waals surface area contributed by atoms with Gasteiger partial charge in [-0.05, 0) is 25.1 Å². The number of benzene rings is 1. The molecule has 0 aliphatic rings. The molecule has 0 unspecified atom stereocenters. The molecular formula is C13H13N5O. The number of anilines is 1. The smallest absolute Gasteiger partial charge is 0.256 e. The Balaban J connectivity index is 1.89. The third-order valence-corrected chi connectivity index (χ3v) is 2.93. The number of H-pyrrole nitrogens is 1. The topological polar surface area (TPSA) is 75.6 Å². The fourth-order valence-corrected chi connectivity index (χ4v) is 1.99. The van der Waals surface area contributed by atoms with Crippen molar-refractivity contribution in [1.29, 1.82) is 0 Å². The fraction of sp³-hybridized carbons (Fsp3) is 0.154. The van der Waals surface area contributed by atoms with E-state index in [-0.39, 0.29) is 5.91 Å². The number of aromatic amines is 1. The standard InChI is InChI=1S/C13H13N5O/c1-8-5-12(18(2)17-8)16-13(19)9-3-4-10-11(6-9)15-7-14-10/h3-7H,1-2H3,(H,14,15)(H,16,19). The molecule has 2 heterocycles. The van der Waals surface area contributed by atoms with Crippen LogP contribution in [-0.4, -0.2) is 25.7 Å². The Hall–Kier alpha value is -2.63. The molecule has 19 heavy (non-hydrogen) atoms. The van der Waals surface area contributed by atoms with Gasteiger partial charge in [0.1, 0.15) is 5.82 Å². The molecule has 3 aromatic rings. The summed E-state index contributed by atoms with van der Waals surface area (Å²) in [5.74, 6) is 0.506. The van der Waals surface area contributed by atoms with E-state index in [1.165, 1.54) is 0 Å². The lowest BCUT2D eigenvalue weighted by Gasteiger charge is -2.05. The highest BCUT2D eigenvalue weighted by molar-refractivity contribution is 6.05. The second kappa shape index (κ2) is 4.24. The highest BCUT2D eigenvalue weighted by Gasteiger charge is 2.10. The van der Waals surface area contributed by atoms with Crippen LogP contribution < -0.4 is 5.32 Å². The average Bonchev–Trinajstić information content (AvgIpc) is 2.95. The van der Waals surface area contributed by atoms with Gasteiger partial charge >= 0.3 is 0 Å². The summed E-state index contributed by atoms with van der Waals surface area (Å²) >= 11 is 0. The van der Waals surface area contributed by atoms with Crippen LogP contribution in [0.4, 0.5) is 5.82 Å². The Morgan fingerprint density at radius 3 is 2.95 bits per heavy atom. The molecule has 2 aromatic heterocycles. The van der Waals surface area contributed by atoms with Gasteiger partial charge in [-0.2, -0.15) is 5.10 Å². The number of hydrogen-bond acceptors (Lipinski definition) is 3. The maximum Gasteiger partial charge on any atom is 0.256 e. The molecule has 1 aromatic carbocycles. The van der Waals surface area contributed by atoms with Crippen LogP contribution in [0, 0.1) is 6.92 Å². The lowest BCUT2D eigenvalue weighted by atomic mass is 10.2. The lowest BCUT2D eigenvalue weighted by molar-refractivity contribution is 0.102. The van der Waals surface area contributed by atoms with E-state index in [9.17, 15) is 4.79 Å². The lowest BCUT2D eigenvalue weighted by Crippen LogP contribution is -2.14. The van der Waals surface area contributed by atoms with Gasteiger partial charge in [-0.15, -0.1) is 0 Å². The minimum absolute atomic E-state index is 0.167. The monoisotopic (exact) mass is 255 g/mol. The number of nitrogens with one attached hydrogen (secondary N) is 2. The summed E-state index contributed by atoms with van der Waals surface area (Å²) in [7, 11) is 1.79. The number of nitrogens with zero attached hydrogens (tertiary/aromatic N) is 3. The molecule has 0 atom stereocenters. The molecule has 0 spiro atoms. The number of carbonyl (C=O) groups is 1. The molecule has 0 aliphatic carbocycles. The summed E-state index contributed by atoms with van der Waals surface area (Å²) in [6.45, 7) is 1.88. The summed E-state index contributed by atoms with van der Waals surface area (Å²) in [6.07, 6.45) is 1.61. The molecule has 0 bridgehead atoms. The van der Waals surface area contributed by atoms with Crippen molar-refractivity contribution < 1.29 is 4.79 Å². The molecule has 1 amide bonds. The minimum atomic E-state index is -0.167. The highest BCUT2D eigenvalue weighted by atomic mass is 16.1. The van der Waals surface area contributed by atoms with E-state index in [1.807, 2.05) is 19.1 Å². The van der Waals surface area contributed by atoms with Crippen molar-refractivity contribution in [1.82, 2.24) is 19.7 Å². The maximum atomic E-state index is 12.2. The zero-order chi connectivity index (χ0) is 13.4. The van der Waals surface area contributed by atoms with Gasteiger partial charge < -0.3 is 10.3 Å². The second-order valence-electron chi connectivity index (χ2n) is 4.38. The van der Waals surface area contributed by atoms with Crippen LogP contribution in [0.25, 0.3) is 11.0 Å². The van der Waals surface area contributed by atoms with Crippen LogP contribution >= 0.6 is 0 Å². The first kappa shape index (κ1) is 11.5. The first-order valence-electron chi connectivity index (χ1n) is 5.88. The molecular weight excluding hydrogens is 242 g/mol. The van der Waals surface area contributed by atoms with Crippen molar-refractivity contribution in [3.05, 3.63) is 41.9 Å². The van der Waals surface area contributed by atoms with Gasteiger partial charge in [-0.1, -0.05) is 0 Å². The summed E-state index contributed by atoms with van der Waals surface area (Å²) in [5.41, 5.74) is 3.12. The number of aryl methyl sites for hydroxylation is 2. The van der Waals surface area contributed by atoms with Crippen molar-refractivity contribution in [2.75, 3.05) is 5.32 Å². The van der Waals surface area contributed by atoms with Crippen LogP contribution in [-0.2, 0) is 7.05 Å². The van der Waals surface area contributed by atoms with E-state index in [4.69, 9.17) is 0 Å². The molecule has 0 aliphatic heterocycles. The number of imidazole rings is 1. The van der Waals surface area contributed by atoms with E-state index in [0.29, 0.717) is 11.4 Å². The Labute approximate surface area is 109 Å². The Morgan fingerprint density at radius 2 is 2.21 bits per heavy atom. The van der Waals surface area contributed by atoms with Gasteiger partial charge in [0.15, 0.2) is 0 Å². The zero-order valence-electron chi connectivity index (χ0n) is 10.6. The maximum absolute atomic E-state index is 12.2. The third-order valence-electron chi connectivity index (χ3n) is 2.93. The highest BCUT2D eigenvalue weighted by Crippen LogP contribution is 2.14. The van der Waals surface area contributed by atoms with Crippen molar-refractivity contribution >= 4 is 22.8 Å². The largest absolute Gasteiger partial charge is 0.345 e. The first-order chi connectivity index (χ1) is 9.13. The van der Waals surface area contributed by atoms with E-state index < -0.39 is 0 Å². The Kier molecular flexibility index (Phi) is 2.56. The molecule has 6 heteroatoms. The summed E-state index contributed by atoms with van der Waals surface area (Å²) in [4.78, 5) is 19.3. The summed E-state index contributed by atoms with van der Waals surface area (Å²) in [6, 6.07) is 7.17. The van der Waals surface area contributed by atoms with Crippen molar-refractivity contribution in [3.8, 4) is 0 Å². The molecule has 0 saturated heterocycles. The number of hydrogen-bond donors (Lipinski definition) is 2. The SMILES string of the molecule is Cc1cc(NC(=O)c2ccc3nc[nH]c3c2)n(C)n1. The predicted molar refractivity (Wildman–Crippen MR) is 72.0 cm³/mol. The predicted octanol–water partition coefficient (Wildman–Crippen LogP) is 1.86. The first-order valence-corrected chi connectivity index (χ1v) is 5.88. The molecule has 0 fully saturated rings. The van der Waals surface area contributed by atoms with Crippen molar-refractivity contribution in [2.24, 2.45) is 7.05 Å². The van der Waals surface area contributed by atoms with E-state index in [1.54, 1.807) is 30.2 Å². The van der Waals surface area contributed by atoms with Crippen LogP contribution in [0.1, 0.15) is 16.1 Å². The van der Waals surface area contributed by atoms with Crippen LogP contribution in [0.2, 0.25) is 0 Å². The Bertz CT molecular complexity index is 755. The number of amides is 1. The minimum Gasteiger partial charge on any atom is -0.345 e. The van der Waals surface area contributed by atoms with Crippen LogP contribution in [0.15, 0.2) is 30.6 Å². The summed E-state index contributed by atoms with van der Waals surface area (Å²) in [5, 5.41) is 7.02. The zero-order valence-corrected chi connectivity index (χ0v) is 10.6. The normalized spacial score (nSPS) is 10.8. The number of fused-ring (bicyclic) bond motifs is 1. The van der Waals surface area contributed by atoms with Gasteiger partial charge in [-0.3, -0.25) is 9.48 Å². The van der Waals surface area contributed by atoms with E-state index >= 15 is 0 Å². The quantitative estimate of drug-likeness (QED) is 0.733. The van der Waals surface area contributed by atoms with Gasteiger partial charge in [-0.25, -0.2) is 4.98 Å². The van der Waals surface area contributed by atoms with Crippen molar-refractivity contribution in [3.63, 3.8) is 0 Å². The van der Waals surface area contributed by atoms with Gasteiger partial charge in [0.05, 0.1) is 23.1 Å². The van der Waals surface area contributed by atoms with Gasteiger partial charge in [0, 0.05) is 18.7 Å². The molecule has 2 N–H and O–H groups in total. The fourth-order valence-electron chi connectivity index (χ4n) is 1.99. The molecule has 0 radical (unpaired) electrons. The average molecular weight is 255 g/mol. The van der Waals surface area contributed by atoms with Crippen molar-refractivity contribution in [2.45, 2.75) is 6.92 Å². The van der Waals surface area contributed by atoms with E-state index in [2.05, 4.69) is 20.4 Å². The summed E-state index contributed by atoms with van der Waals surface area (Å²) < 4.78 is 1.64. The van der Waals surface area contributed by atoms with Crippen LogP contribution in [0.3, 0.4) is 0 Å². The number of rotatable bonds is 2. The number of carbonyl (C=O) groups excluding carboxylic acids is 1. The number of aromatic nitrogens is 4. The van der Waals surface area contributed by atoms with E-state index in [0.717, 1.165) is 16.7 Å².